The molecule has 3 unspecified atom stereocenters. The molecule has 0 aliphatic heterocycles. The normalized spacial score (nSPS) is 17.1. The van der Waals surface area contributed by atoms with Crippen LogP contribution in [0.3, 0.4) is 0 Å². The number of hydrogen-bond donors (Lipinski definition) is 0. The van der Waals surface area contributed by atoms with E-state index >= 15 is 0 Å². The standard InChI is InChI=1S/C22H43ClO5/c1-11-22(10,23)15-17(4)26-19(24)28-21(8,9)14-18(5)27-20(6,7)12-13-25-16(2)3/h16-18H,11-15H2,1-10H3. The fourth-order valence-electron chi connectivity index (χ4n) is 3.12. The summed E-state index contributed by atoms with van der Waals surface area (Å²) in [6.07, 6.45) is 1.89. The van der Waals surface area contributed by atoms with Crippen molar-refractivity contribution < 1.29 is 23.7 Å². The Morgan fingerprint density at radius 1 is 0.929 bits per heavy atom. The van der Waals surface area contributed by atoms with Crippen LogP contribution in [0, 0.1) is 0 Å². The second kappa shape index (κ2) is 11.6. The summed E-state index contributed by atoms with van der Waals surface area (Å²) in [5.41, 5.74) is -1.01. The van der Waals surface area contributed by atoms with Crippen molar-refractivity contribution in [3.63, 3.8) is 0 Å². The smallest absolute Gasteiger partial charge is 0.431 e. The summed E-state index contributed by atoms with van der Waals surface area (Å²) in [6.45, 7) is 20.3. The zero-order chi connectivity index (χ0) is 22.2. The van der Waals surface area contributed by atoms with Crippen LogP contribution in [0.5, 0.6) is 0 Å². The van der Waals surface area contributed by atoms with Crippen LogP contribution in [-0.2, 0) is 18.9 Å². The van der Waals surface area contributed by atoms with Gasteiger partial charge in [0.1, 0.15) is 11.7 Å². The molecule has 0 aliphatic rings. The third kappa shape index (κ3) is 13.6. The van der Waals surface area contributed by atoms with Crippen LogP contribution < -0.4 is 0 Å². The minimum Gasteiger partial charge on any atom is -0.431 e. The fourth-order valence-corrected chi connectivity index (χ4v) is 3.34. The SMILES string of the molecule is CCC(C)(Cl)CC(C)OC(=O)OC(C)(C)CC(C)OC(C)(C)CCOC(C)C. The third-order valence-corrected chi connectivity index (χ3v) is 4.98. The van der Waals surface area contributed by atoms with Crippen molar-refractivity contribution in [2.75, 3.05) is 6.61 Å². The van der Waals surface area contributed by atoms with Crippen LogP contribution >= 0.6 is 11.6 Å². The van der Waals surface area contributed by atoms with Gasteiger partial charge in [0.2, 0.25) is 0 Å². The van der Waals surface area contributed by atoms with E-state index in [0.29, 0.717) is 19.4 Å². The molecule has 0 bridgehead atoms. The summed E-state index contributed by atoms with van der Waals surface area (Å²) in [7, 11) is 0. The Morgan fingerprint density at radius 2 is 1.50 bits per heavy atom. The molecule has 0 amide bonds. The van der Waals surface area contributed by atoms with E-state index in [4.69, 9.17) is 30.5 Å². The third-order valence-electron chi connectivity index (χ3n) is 4.56. The van der Waals surface area contributed by atoms with Crippen molar-refractivity contribution in [3.8, 4) is 0 Å². The molecular weight excluding hydrogens is 380 g/mol. The second-order valence-corrected chi connectivity index (χ2v) is 10.5. The summed E-state index contributed by atoms with van der Waals surface area (Å²) < 4.78 is 22.7. The largest absolute Gasteiger partial charge is 0.509 e. The first-order valence-corrected chi connectivity index (χ1v) is 10.8. The van der Waals surface area contributed by atoms with Crippen molar-refractivity contribution in [1.29, 1.82) is 0 Å². The Balaban J connectivity index is 4.47. The summed E-state index contributed by atoms with van der Waals surface area (Å²) >= 11 is 6.36. The highest BCUT2D eigenvalue weighted by atomic mass is 35.5. The molecule has 0 aromatic rings. The average molecular weight is 423 g/mol. The summed E-state index contributed by atoms with van der Waals surface area (Å²) in [5, 5.41) is 0. The molecule has 0 saturated carbocycles. The Hall–Kier alpha value is -0.520. The molecule has 0 radical (unpaired) electrons. The molecule has 0 rings (SSSR count). The highest BCUT2D eigenvalue weighted by Crippen LogP contribution is 2.27. The Labute approximate surface area is 177 Å². The molecule has 28 heavy (non-hydrogen) atoms. The number of hydrogen-bond acceptors (Lipinski definition) is 5. The van der Waals surface area contributed by atoms with E-state index in [0.717, 1.165) is 12.8 Å². The monoisotopic (exact) mass is 422 g/mol. The molecule has 5 nitrogen and oxygen atoms in total. The second-order valence-electron chi connectivity index (χ2n) is 9.57. The lowest BCUT2D eigenvalue weighted by Crippen LogP contribution is -2.38. The lowest BCUT2D eigenvalue weighted by atomic mass is 9.99. The van der Waals surface area contributed by atoms with Crippen molar-refractivity contribution in [3.05, 3.63) is 0 Å². The summed E-state index contributed by atoms with van der Waals surface area (Å²) in [4.78, 5) is 11.8. The Kier molecular flexibility index (Phi) is 11.4. The van der Waals surface area contributed by atoms with Gasteiger partial charge >= 0.3 is 6.16 Å². The van der Waals surface area contributed by atoms with E-state index in [2.05, 4.69) is 0 Å². The molecular formula is C22H43ClO5. The molecule has 0 heterocycles. The average Bonchev–Trinajstić information content (AvgIpc) is 2.42. The minimum atomic E-state index is -0.699. The molecule has 168 valence electrons. The maximum Gasteiger partial charge on any atom is 0.509 e. The fraction of sp³-hybridized carbons (Fsp3) is 0.955. The van der Waals surface area contributed by atoms with Gasteiger partial charge in [0.05, 0.1) is 17.8 Å². The van der Waals surface area contributed by atoms with Crippen LogP contribution in [0.4, 0.5) is 4.79 Å². The van der Waals surface area contributed by atoms with Crippen molar-refractivity contribution in [2.45, 2.75) is 129 Å². The summed E-state index contributed by atoms with van der Waals surface area (Å²) in [5.74, 6) is 0. The number of alkyl halides is 1. The maximum absolute atomic E-state index is 12.2. The van der Waals surface area contributed by atoms with Crippen LogP contribution in [0.15, 0.2) is 0 Å². The van der Waals surface area contributed by atoms with Crippen molar-refractivity contribution >= 4 is 17.8 Å². The van der Waals surface area contributed by atoms with E-state index in [1.807, 2.05) is 69.2 Å². The van der Waals surface area contributed by atoms with Gasteiger partial charge in [-0.15, -0.1) is 11.6 Å². The predicted octanol–water partition coefficient (Wildman–Crippen LogP) is 6.49. The number of halogens is 1. The molecule has 0 aromatic heterocycles. The quantitative estimate of drug-likeness (QED) is 0.250. The van der Waals surface area contributed by atoms with E-state index in [1.165, 1.54) is 0 Å². The van der Waals surface area contributed by atoms with E-state index in [1.54, 1.807) is 0 Å². The molecule has 0 aliphatic carbocycles. The predicted molar refractivity (Wildman–Crippen MR) is 115 cm³/mol. The van der Waals surface area contributed by atoms with Gasteiger partial charge in [0.15, 0.2) is 0 Å². The highest BCUT2D eigenvalue weighted by molar-refractivity contribution is 6.23. The molecule has 6 heteroatoms. The number of carbonyl (C=O) groups is 1. The van der Waals surface area contributed by atoms with E-state index in [-0.39, 0.29) is 28.8 Å². The van der Waals surface area contributed by atoms with Gasteiger partial charge < -0.3 is 18.9 Å². The number of rotatable bonds is 13. The van der Waals surface area contributed by atoms with Gasteiger partial charge in [0.25, 0.3) is 0 Å². The molecule has 0 fully saturated rings. The zero-order valence-electron chi connectivity index (χ0n) is 19.7. The molecule has 0 aromatic carbocycles. The maximum atomic E-state index is 12.2. The van der Waals surface area contributed by atoms with E-state index < -0.39 is 11.8 Å². The van der Waals surface area contributed by atoms with Crippen molar-refractivity contribution in [2.24, 2.45) is 0 Å². The van der Waals surface area contributed by atoms with Gasteiger partial charge in [-0.2, -0.15) is 0 Å². The Morgan fingerprint density at radius 3 is 2.00 bits per heavy atom. The van der Waals surface area contributed by atoms with E-state index in [9.17, 15) is 4.79 Å². The lowest BCUT2D eigenvalue weighted by Gasteiger charge is -2.34. The minimum absolute atomic E-state index is 0.0829. The van der Waals surface area contributed by atoms with Crippen LogP contribution in [0.25, 0.3) is 0 Å². The van der Waals surface area contributed by atoms with Gasteiger partial charge in [-0.3, -0.25) is 0 Å². The first-order valence-electron chi connectivity index (χ1n) is 10.5. The zero-order valence-corrected chi connectivity index (χ0v) is 20.4. The molecule has 0 saturated heterocycles. The molecule has 0 N–H and O–H groups in total. The highest BCUT2D eigenvalue weighted by Gasteiger charge is 2.31. The Bertz CT molecular complexity index is 460. The first-order chi connectivity index (χ1) is 12.6. The summed E-state index contributed by atoms with van der Waals surface area (Å²) in [6, 6.07) is 0. The van der Waals surface area contributed by atoms with Gasteiger partial charge in [-0.1, -0.05) is 6.92 Å². The first kappa shape index (κ1) is 27.5. The van der Waals surface area contributed by atoms with Crippen LogP contribution in [-0.4, -0.2) is 47.2 Å². The molecule has 0 spiro atoms. The molecule has 3 atom stereocenters. The van der Waals surface area contributed by atoms with Crippen LogP contribution in [0.2, 0.25) is 0 Å². The topological polar surface area (TPSA) is 54.0 Å². The van der Waals surface area contributed by atoms with Gasteiger partial charge in [0, 0.05) is 24.3 Å². The van der Waals surface area contributed by atoms with Crippen LogP contribution in [0.1, 0.15) is 94.9 Å². The van der Waals surface area contributed by atoms with Gasteiger partial charge in [-0.25, -0.2) is 4.79 Å². The lowest BCUT2D eigenvalue weighted by molar-refractivity contribution is -0.112. The van der Waals surface area contributed by atoms with Crippen molar-refractivity contribution in [1.82, 2.24) is 0 Å². The number of carbonyl (C=O) groups excluding carboxylic acids is 1. The number of ether oxygens (including phenoxy) is 4. The van der Waals surface area contributed by atoms with Gasteiger partial charge in [-0.05, 0) is 75.2 Å².